The highest BCUT2D eigenvalue weighted by Crippen LogP contribution is 2.35. The van der Waals surface area contributed by atoms with Crippen molar-refractivity contribution in [2.75, 3.05) is 19.2 Å². The number of amides is 1. The van der Waals surface area contributed by atoms with Crippen molar-refractivity contribution in [1.82, 2.24) is 0 Å². The van der Waals surface area contributed by atoms with Crippen LogP contribution in [-0.4, -0.2) is 37.9 Å². The molecule has 0 saturated carbocycles. The Labute approximate surface area is 189 Å². The minimum atomic E-state index is -0.409. The van der Waals surface area contributed by atoms with E-state index in [-0.39, 0.29) is 12.0 Å². The molecule has 3 rings (SSSR count). The number of ether oxygens (including phenoxy) is 3. The molecule has 1 aliphatic rings. The first kappa shape index (κ1) is 22.6. The van der Waals surface area contributed by atoms with E-state index in [1.807, 2.05) is 0 Å². The number of benzene rings is 2. The van der Waals surface area contributed by atoms with Gasteiger partial charge in [0.2, 0.25) is 0 Å². The van der Waals surface area contributed by atoms with Crippen LogP contribution in [0.1, 0.15) is 36.7 Å². The predicted octanol–water partition coefficient (Wildman–Crippen LogP) is 4.84. The summed E-state index contributed by atoms with van der Waals surface area (Å²) in [6, 6.07) is 10.1. The molecule has 0 saturated heterocycles. The monoisotopic (exact) mass is 486 g/mol. The lowest BCUT2D eigenvalue weighted by Gasteiger charge is -2.13. The van der Waals surface area contributed by atoms with Crippen molar-refractivity contribution < 1.29 is 23.8 Å². The molecule has 1 aliphatic heterocycles. The number of hydrogen-bond donors (Lipinski definition) is 0. The Morgan fingerprint density at radius 2 is 1.71 bits per heavy atom. The Balaban J connectivity index is 1.88. The van der Waals surface area contributed by atoms with E-state index in [0.29, 0.717) is 34.0 Å². The third kappa shape index (κ3) is 4.80. The molecule has 0 unspecified atom stereocenters. The van der Waals surface area contributed by atoms with Crippen molar-refractivity contribution >= 4 is 45.3 Å². The van der Waals surface area contributed by atoms with Crippen LogP contribution in [0.2, 0.25) is 0 Å². The van der Waals surface area contributed by atoms with Gasteiger partial charge in [-0.3, -0.25) is 4.79 Å². The van der Waals surface area contributed by atoms with Gasteiger partial charge in [0, 0.05) is 4.47 Å². The third-order valence-corrected chi connectivity index (χ3v) is 5.24. The number of anilines is 1. The van der Waals surface area contributed by atoms with E-state index >= 15 is 0 Å². The lowest BCUT2D eigenvalue weighted by molar-refractivity contribution is -0.114. The van der Waals surface area contributed by atoms with E-state index in [2.05, 4.69) is 21.0 Å². The Morgan fingerprint density at radius 1 is 1.10 bits per heavy atom. The van der Waals surface area contributed by atoms with Crippen LogP contribution in [-0.2, 0) is 9.53 Å². The molecule has 31 heavy (non-hydrogen) atoms. The summed E-state index contributed by atoms with van der Waals surface area (Å²) in [6.07, 6.45) is 1.55. The first-order valence-corrected chi connectivity index (χ1v) is 10.4. The van der Waals surface area contributed by atoms with Gasteiger partial charge >= 0.3 is 5.97 Å². The number of nitrogens with zero attached hydrogens (tertiary/aromatic N) is 2. The normalized spacial score (nSPS) is 14.8. The van der Waals surface area contributed by atoms with Crippen molar-refractivity contribution in [2.24, 2.45) is 5.10 Å². The molecule has 2 aromatic rings. The molecular formula is C23H23BrN2O5. The standard InChI is InChI=1S/C23H23BrN2O5/c1-13(2)31-23(28)15-6-8-17(9-7-15)26-22(27)18(14(3)25-26)10-16-11-20(29-4)21(30-5)12-19(16)24/h6-13H,1-5H3/b18-10+. The number of hydrogen-bond acceptors (Lipinski definition) is 6. The van der Waals surface area contributed by atoms with Gasteiger partial charge in [-0.2, -0.15) is 10.1 Å². The SMILES string of the molecule is COc1cc(Br)c(/C=C2/C(=O)N(c3ccc(C(=O)OC(C)C)cc3)N=C2C)cc1OC. The summed E-state index contributed by atoms with van der Waals surface area (Å²) in [5.41, 5.74) is 2.76. The number of carbonyl (C=O) groups excluding carboxylic acids is 2. The summed E-state index contributed by atoms with van der Waals surface area (Å²) in [5, 5.41) is 5.70. The van der Waals surface area contributed by atoms with Crippen LogP contribution in [0.25, 0.3) is 6.08 Å². The van der Waals surface area contributed by atoms with Crippen LogP contribution < -0.4 is 14.5 Å². The molecule has 2 aromatic carbocycles. The average Bonchev–Trinajstić information content (AvgIpc) is 3.02. The fraction of sp³-hybridized carbons (Fsp3) is 0.261. The van der Waals surface area contributed by atoms with Gasteiger partial charge in [0.15, 0.2) is 11.5 Å². The first-order chi connectivity index (χ1) is 14.7. The smallest absolute Gasteiger partial charge is 0.338 e. The number of carbonyl (C=O) groups is 2. The molecule has 0 atom stereocenters. The molecule has 0 spiro atoms. The van der Waals surface area contributed by atoms with Gasteiger partial charge in [-0.05, 0) is 68.8 Å². The van der Waals surface area contributed by atoms with E-state index in [1.165, 1.54) is 5.01 Å². The molecule has 0 fully saturated rings. The fourth-order valence-electron chi connectivity index (χ4n) is 3.02. The molecule has 0 aromatic heterocycles. The highest BCUT2D eigenvalue weighted by molar-refractivity contribution is 9.10. The van der Waals surface area contributed by atoms with E-state index in [1.54, 1.807) is 77.5 Å². The van der Waals surface area contributed by atoms with E-state index in [4.69, 9.17) is 14.2 Å². The molecule has 0 aliphatic carbocycles. The number of methoxy groups -OCH3 is 2. The van der Waals surface area contributed by atoms with Crippen LogP contribution in [0, 0.1) is 0 Å². The fourth-order valence-corrected chi connectivity index (χ4v) is 3.45. The van der Waals surface area contributed by atoms with Crippen molar-refractivity contribution in [3.05, 3.63) is 57.6 Å². The van der Waals surface area contributed by atoms with Gasteiger partial charge in [-0.1, -0.05) is 15.9 Å². The zero-order chi connectivity index (χ0) is 22.7. The number of esters is 1. The molecule has 0 radical (unpaired) electrons. The highest BCUT2D eigenvalue weighted by atomic mass is 79.9. The largest absolute Gasteiger partial charge is 0.493 e. The van der Waals surface area contributed by atoms with Crippen molar-refractivity contribution in [3.63, 3.8) is 0 Å². The quantitative estimate of drug-likeness (QED) is 0.431. The Bertz CT molecular complexity index is 1070. The van der Waals surface area contributed by atoms with Crippen molar-refractivity contribution in [2.45, 2.75) is 26.9 Å². The van der Waals surface area contributed by atoms with Gasteiger partial charge in [0.1, 0.15) is 0 Å². The maximum absolute atomic E-state index is 13.1. The molecular weight excluding hydrogens is 464 g/mol. The molecule has 0 bridgehead atoms. The summed E-state index contributed by atoms with van der Waals surface area (Å²) in [6.45, 7) is 5.35. The first-order valence-electron chi connectivity index (χ1n) is 9.59. The molecule has 7 nitrogen and oxygen atoms in total. The lowest BCUT2D eigenvalue weighted by atomic mass is 10.1. The van der Waals surface area contributed by atoms with Gasteiger partial charge < -0.3 is 14.2 Å². The zero-order valence-corrected chi connectivity index (χ0v) is 19.5. The molecule has 1 heterocycles. The lowest BCUT2D eigenvalue weighted by Crippen LogP contribution is -2.21. The van der Waals surface area contributed by atoms with Gasteiger partial charge in [-0.15, -0.1) is 0 Å². The van der Waals surface area contributed by atoms with Crippen LogP contribution >= 0.6 is 15.9 Å². The van der Waals surface area contributed by atoms with E-state index in [0.717, 1.165) is 10.0 Å². The van der Waals surface area contributed by atoms with Gasteiger partial charge in [0.05, 0.1) is 42.9 Å². The summed E-state index contributed by atoms with van der Waals surface area (Å²) >= 11 is 3.51. The van der Waals surface area contributed by atoms with Crippen LogP contribution in [0.4, 0.5) is 5.69 Å². The second-order valence-electron chi connectivity index (χ2n) is 7.09. The minimum Gasteiger partial charge on any atom is -0.493 e. The van der Waals surface area contributed by atoms with Crippen molar-refractivity contribution in [1.29, 1.82) is 0 Å². The van der Waals surface area contributed by atoms with Crippen LogP contribution in [0.3, 0.4) is 0 Å². The van der Waals surface area contributed by atoms with Crippen LogP contribution in [0.5, 0.6) is 11.5 Å². The second kappa shape index (κ2) is 9.34. The molecule has 1 amide bonds. The Hall–Kier alpha value is -3.13. The summed E-state index contributed by atoms with van der Waals surface area (Å²) in [4.78, 5) is 25.1. The Morgan fingerprint density at radius 3 is 2.29 bits per heavy atom. The minimum absolute atomic E-state index is 0.205. The maximum Gasteiger partial charge on any atom is 0.338 e. The summed E-state index contributed by atoms with van der Waals surface area (Å²) in [5.74, 6) is 0.459. The third-order valence-electron chi connectivity index (χ3n) is 4.56. The summed E-state index contributed by atoms with van der Waals surface area (Å²) in [7, 11) is 3.11. The van der Waals surface area contributed by atoms with Gasteiger partial charge in [0.25, 0.3) is 5.91 Å². The van der Waals surface area contributed by atoms with Gasteiger partial charge in [-0.25, -0.2) is 4.79 Å². The number of rotatable bonds is 6. The second-order valence-corrected chi connectivity index (χ2v) is 7.94. The van der Waals surface area contributed by atoms with Crippen molar-refractivity contribution in [3.8, 4) is 11.5 Å². The summed E-state index contributed by atoms with van der Waals surface area (Å²) < 4.78 is 16.6. The average molecular weight is 487 g/mol. The maximum atomic E-state index is 13.1. The van der Waals surface area contributed by atoms with Crippen LogP contribution in [0.15, 0.2) is 51.5 Å². The number of halogens is 1. The zero-order valence-electron chi connectivity index (χ0n) is 17.9. The molecule has 8 heteroatoms. The van der Waals surface area contributed by atoms with E-state index < -0.39 is 5.97 Å². The Kier molecular flexibility index (Phi) is 6.80. The highest BCUT2D eigenvalue weighted by Gasteiger charge is 2.29. The molecule has 162 valence electrons. The van der Waals surface area contributed by atoms with E-state index in [9.17, 15) is 9.59 Å². The number of hydrazone groups is 1. The molecule has 0 N–H and O–H groups in total. The topological polar surface area (TPSA) is 77.4 Å². The predicted molar refractivity (Wildman–Crippen MR) is 123 cm³/mol.